The molecular weight excluding hydrogens is 593 g/mol. The molecule has 0 aliphatic rings. The maximum absolute atomic E-state index is 9.71. The van der Waals surface area contributed by atoms with Crippen LogP contribution in [0.2, 0.25) is 0 Å². The lowest BCUT2D eigenvalue weighted by molar-refractivity contribution is 0.669. The number of furan rings is 1. The molecule has 0 bridgehead atoms. The number of hydrogen-bond acceptors (Lipinski definition) is 1. The van der Waals surface area contributed by atoms with Crippen molar-refractivity contribution in [3.05, 3.63) is 182 Å². The van der Waals surface area contributed by atoms with Crippen molar-refractivity contribution in [1.82, 2.24) is 0 Å². The van der Waals surface area contributed by atoms with Crippen LogP contribution in [-0.4, -0.2) is 0 Å². The summed E-state index contributed by atoms with van der Waals surface area (Å²) in [5, 5.41) is -1.63. The Morgan fingerprint density at radius 1 is 0.347 bits per heavy atom. The van der Waals surface area contributed by atoms with Crippen LogP contribution in [0.1, 0.15) is 26.0 Å². The molecule has 10 rings (SSSR count). The first kappa shape index (κ1) is 14.8. The predicted molar refractivity (Wildman–Crippen MR) is 208 cm³/mol. The van der Waals surface area contributed by atoms with E-state index in [-0.39, 0.29) is 16.5 Å². The molecule has 228 valence electrons. The largest absolute Gasteiger partial charge is 0.456 e. The highest BCUT2D eigenvalue weighted by Crippen LogP contribution is 2.44. The molecule has 9 aromatic carbocycles. The molecule has 0 saturated heterocycles. The molecule has 0 aliphatic heterocycles. The average Bonchev–Trinajstić information content (AvgIpc) is 3.70. The van der Waals surface area contributed by atoms with Gasteiger partial charge in [0.25, 0.3) is 0 Å². The van der Waals surface area contributed by atoms with E-state index in [1.165, 1.54) is 0 Å². The van der Waals surface area contributed by atoms with Crippen molar-refractivity contribution in [1.29, 1.82) is 0 Å². The van der Waals surface area contributed by atoms with Crippen LogP contribution in [0.4, 0.5) is 0 Å². The van der Waals surface area contributed by atoms with Crippen LogP contribution in [0.3, 0.4) is 0 Å². The fourth-order valence-electron chi connectivity index (χ4n) is 6.39. The van der Waals surface area contributed by atoms with Gasteiger partial charge in [0.2, 0.25) is 0 Å². The molecule has 0 unspecified atom stereocenters. The molecule has 0 amide bonds. The Morgan fingerprint density at radius 3 is 1.61 bits per heavy atom. The molecule has 0 atom stereocenters. The molecule has 0 aliphatic carbocycles. The summed E-state index contributed by atoms with van der Waals surface area (Å²) in [5.74, 6) is 0. The zero-order chi connectivity index (χ0) is 48.8. The highest BCUT2D eigenvalue weighted by atomic mass is 16.3. The Hall–Kier alpha value is -6.44. The van der Waals surface area contributed by atoms with Crippen molar-refractivity contribution in [2.75, 3.05) is 0 Å². The molecule has 0 spiro atoms. The number of rotatable bonds is 4. The van der Waals surface area contributed by atoms with Gasteiger partial charge in [0.05, 0.1) is 26.0 Å². The van der Waals surface area contributed by atoms with Gasteiger partial charge >= 0.3 is 0 Å². The summed E-state index contributed by atoms with van der Waals surface area (Å²) in [6.45, 7) is 0. The summed E-state index contributed by atoms with van der Waals surface area (Å²) in [5.41, 5.74) is 0.644. The van der Waals surface area contributed by atoms with E-state index in [1.54, 1.807) is 18.2 Å². The Bertz CT molecular complexity index is 3850. The minimum atomic E-state index is -0.869. The second-order valence-electron chi connectivity index (χ2n) is 11.4. The third kappa shape index (κ3) is 4.55. The molecule has 1 heterocycles. The van der Waals surface area contributed by atoms with Gasteiger partial charge in [-0.1, -0.05) is 145 Å². The predicted octanol–water partition coefficient (Wildman–Crippen LogP) is 13.7. The fraction of sp³-hybridized carbons (Fsp3) is 0. The third-order valence-corrected chi connectivity index (χ3v) is 8.62. The van der Waals surface area contributed by atoms with Gasteiger partial charge in [-0.2, -0.15) is 0 Å². The summed E-state index contributed by atoms with van der Waals surface area (Å²) < 4.78 is 178. The van der Waals surface area contributed by atoms with Crippen molar-refractivity contribution in [2.24, 2.45) is 0 Å². The van der Waals surface area contributed by atoms with Crippen molar-refractivity contribution in [3.63, 3.8) is 0 Å². The van der Waals surface area contributed by atoms with Gasteiger partial charge in [-0.05, 0) is 113 Å². The average molecular weight is 642 g/mol. The van der Waals surface area contributed by atoms with Crippen molar-refractivity contribution >= 4 is 54.3 Å². The topological polar surface area (TPSA) is 13.1 Å². The Morgan fingerprint density at radius 2 is 0.918 bits per heavy atom. The fourth-order valence-corrected chi connectivity index (χ4v) is 6.39. The van der Waals surface area contributed by atoms with Crippen molar-refractivity contribution in [3.8, 4) is 44.5 Å². The lowest BCUT2D eigenvalue weighted by Crippen LogP contribution is -1.90. The summed E-state index contributed by atoms with van der Waals surface area (Å²) in [7, 11) is 0. The van der Waals surface area contributed by atoms with E-state index >= 15 is 0 Å². The third-order valence-electron chi connectivity index (χ3n) is 8.62. The van der Waals surface area contributed by atoms with Gasteiger partial charge < -0.3 is 4.42 Å². The first-order valence-corrected chi connectivity index (χ1v) is 15.3. The number of fused-ring (bicyclic) bond motifs is 6. The lowest BCUT2D eigenvalue weighted by atomic mass is 9.85. The highest BCUT2D eigenvalue weighted by molar-refractivity contribution is 6.21. The standard InChI is InChI=1S/C48H30O/c1-3-11-31(12-4-1)36-24-26-45-44(29-36)39-25-23-37(30-46(39)49-45)34-19-20-35-28-38(22-21-33(35)27-34)48-42-17-9-7-15-40(42)47(32-13-5-2-6-14-32)41-16-8-10-18-43(41)48/h1-30H/i2D,5D,6D,7D,8D,9D,10D,13D,14D,15D,16D,17D,18D,19D,20D,21D,22D,27D,28D. The van der Waals surface area contributed by atoms with Gasteiger partial charge in [-0.15, -0.1) is 0 Å². The Labute approximate surface area is 311 Å². The molecular formula is C48H30O. The SMILES string of the molecule is [2H]c1c([2H])c([2H])c(-c2c3c([2H])c([2H])c([2H])c([2H])c3c(-c3c([2H])c([2H])c4c([2H])c(-c5ccc6c(c5)oc5ccc(-c7ccccc7)cc56)c([2H])c([2H])c4c3[2H])c3c([2H])c([2H])c([2H])c([2H])c23)c([2H])c1[2H]. The van der Waals surface area contributed by atoms with Crippen LogP contribution in [0, 0.1) is 0 Å². The normalized spacial score (nSPS) is 17.1. The van der Waals surface area contributed by atoms with E-state index in [9.17, 15) is 13.7 Å². The second-order valence-corrected chi connectivity index (χ2v) is 11.4. The van der Waals surface area contributed by atoms with Gasteiger partial charge in [0.1, 0.15) is 11.2 Å². The van der Waals surface area contributed by atoms with Crippen LogP contribution in [0.5, 0.6) is 0 Å². The minimum absolute atomic E-state index is 0.114. The summed E-state index contributed by atoms with van der Waals surface area (Å²) in [4.78, 5) is 0. The maximum Gasteiger partial charge on any atom is 0.136 e. The molecule has 0 saturated carbocycles. The molecule has 0 fully saturated rings. The van der Waals surface area contributed by atoms with E-state index < -0.39 is 164 Å². The van der Waals surface area contributed by atoms with E-state index in [0.29, 0.717) is 11.2 Å². The summed E-state index contributed by atoms with van der Waals surface area (Å²) in [6, 6.07) is 5.34. The van der Waals surface area contributed by atoms with Crippen molar-refractivity contribution in [2.45, 2.75) is 0 Å². The van der Waals surface area contributed by atoms with E-state index in [4.69, 9.17) is 16.8 Å². The van der Waals surface area contributed by atoms with Crippen LogP contribution in [0.15, 0.2) is 186 Å². The molecule has 0 radical (unpaired) electrons. The molecule has 49 heavy (non-hydrogen) atoms. The first-order chi connectivity index (χ1) is 32.2. The zero-order valence-corrected chi connectivity index (χ0v) is 25.3. The maximum atomic E-state index is 9.71. The zero-order valence-electron chi connectivity index (χ0n) is 44.3. The molecule has 1 aromatic heterocycles. The number of benzene rings is 9. The Kier molecular flexibility index (Phi) is 3.34. The molecule has 1 nitrogen and oxygen atoms in total. The van der Waals surface area contributed by atoms with Gasteiger partial charge in [-0.3, -0.25) is 0 Å². The minimum Gasteiger partial charge on any atom is -0.456 e. The van der Waals surface area contributed by atoms with E-state index in [1.807, 2.05) is 48.5 Å². The van der Waals surface area contributed by atoms with E-state index in [0.717, 1.165) is 21.9 Å². The lowest BCUT2D eigenvalue weighted by Gasteiger charge is -2.18. The van der Waals surface area contributed by atoms with Crippen LogP contribution in [0.25, 0.3) is 98.8 Å². The summed E-state index contributed by atoms with van der Waals surface area (Å²) in [6.07, 6.45) is 0. The van der Waals surface area contributed by atoms with Crippen LogP contribution < -0.4 is 0 Å². The van der Waals surface area contributed by atoms with Crippen molar-refractivity contribution < 1.29 is 30.5 Å². The molecule has 1 heteroatoms. The monoisotopic (exact) mass is 641 g/mol. The quantitative estimate of drug-likeness (QED) is 0.174. The number of hydrogen-bond donors (Lipinski definition) is 0. The highest BCUT2D eigenvalue weighted by Gasteiger charge is 2.17. The van der Waals surface area contributed by atoms with Crippen LogP contribution >= 0.6 is 0 Å². The van der Waals surface area contributed by atoms with Gasteiger partial charge in [0.15, 0.2) is 0 Å². The van der Waals surface area contributed by atoms with E-state index in [2.05, 4.69) is 0 Å². The second kappa shape index (κ2) is 11.1. The Balaban J connectivity index is 1.32. The van der Waals surface area contributed by atoms with Gasteiger partial charge in [-0.25, -0.2) is 0 Å². The van der Waals surface area contributed by atoms with Crippen LogP contribution in [-0.2, 0) is 0 Å². The smallest absolute Gasteiger partial charge is 0.136 e. The molecule has 0 N–H and O–H groups in total. The van der Waals surface area contributed by atoms with Gasteiger partial charge in [0, 0.05) is 10.8 Å². The first-order valence-electron chi connectivity index (χ1n) is 24.8. The molecule has 10 aromatic rings. The summed E-state index contributed by atoms with van der Waals surface area (Å²) >= 11 is 0.